The highest BCUT2D eigenvalue weighted by molar-refractivity contribution is 7.99. The number of aromatic nitrogens is 6. The molecule has 7 nitrogen and oxygen atoms in total. The van der Waals surface area contributed by atoms with Crippen molar-refractivity contribution in [1.29, 1.82) is 0 Å². The van der Waals surface area contributed by atoms with Crippen LogP contribution < -0.4 is 5.32 Å². The SMILES string of the molecule is CNCc1cnc(Sc2nnnn2-c2ccccc2)nc1. The summed E-state index contributed by atoms with van der Waals surface area (Å²) in [6.07, 6.45) is 3.59. The number of rotatable bonds is 5. The van der Waals surface area contributed by atoms with E-state index >= 15 is 0 Å². The monoisotopic (exact) mass is 299 g/mol. The highest BCUT2D eigenvalue weighted by Crippen LogP contribution is 2.23. The molecule has 0 radical (unpaired) electrons. The number of nitrogens with one attached hydrogen (secondary N) is 1. The van der Waals surface area contributed by atoms with Crippen molar-refractivity contribution in [3.05, 3.63) is 48.3 Å². The Hall–Kier alpha value is -2.32. The lowest BCUT2D eigenvalue weighted by Gasteiger charge is -2.03. The van der Waals surface area contributed by atoms with E-state index in [-0.39, 0.29) is 0 Å². The van der Waals surface area contributed by atoms with Crippen molar-refractivity contribution in [3.63, 3.8) is 0 Å². The van der Waals surface area contributed by atoms with Gasteiger partial charge in [0.2, 0.25) is 5.16 Å². The van der Waals surface area contributed by atoms with E-state index in [0.29, 0.717) is 10.3 Å². The van der Waals surface area contributed by atoms with Gasteiger partial charge < -0.3 is 5.32 Å². The second-order valence-corrected chi connectivity index (χ2v) is 5.15. The Morgan fingerprint density at radius 3 is 2.62 bits per heavy atom. The second-order valence-electron chi connectivity index (χ2n) is 4.22. The van der Waals surface area contributed by atoms with Crippen LogP contribution in [-0.2, 0) is 6.54 Å². The summed E-state index contributed by atoms with van der Waals surface area (Å²) in [6.45, 7) is 0.743. The highest BCUT2D eigenvalue weighted by atomic mass is 32.2. The van der Waals surface area contributed by atoms with Gasteiger partial charge in [-0.15, -0.1) is 5.10 Å². The van der Waals surface area contributed by atoms with Crippen LogP contribution in [0.25, 0.3) is 5.69 Å². The van der Waals surface area contributed by atoms with E-state index in [4.69, 9.17) is 0 Å². The molecule has 1 aromatic carbocycles. The summed E-state index contributed by atoms with van der Waals surface area (Å²) in [4.78, 5) is 8.62. The van der Waals surface area contributed by atoms with Crippen molar-refractivity contribution < 1.29 is 0 Å². The smallest absolute Gasteiger partial charge is 0.221 e. The van der Waals surface area contributed by atoms with Gasteiger partial charge in [0, 0.05) is 24.5 Å². The molecule has 0 fully saturated rings. The maximum absolute atomic E-state index is 4.31. The zero-order valence-corrected chi connectivity index (χ0v) is 12.2. The van der Waals surface area contributed by atoms with Crippen molar-refractivity contribution >= 4 is 11.8 Å². The molecule has 8 heteroatoms. The number of hydrogen-bond acceptors (Lipinski definition) is 7. The number of benzene rings is 1. The molecule has 1 N–H and O–H groups in total. The third-order valence-corrected chi connectivity index (χ3v) is 3.52. The van der Waals surface area contributed by atoms with Gasteiger partial charge in [0.1, 0.15) is 0 Å². The summed E-state index contributed by atoms with van der Waals surface area (Å²) in [5.74, 6) is 0. The van der Waals surface area contributed by atoms with Gasteiger partial charge in [-0.2, -0.15) is 4.68 Å². The van der Waals surface area contributed by atoms with Crippen molar-refractivity contribution in [2.24, 2.45) is 0 Å². The van der Waals surface area contributed by atoms with Crippen LogP contribution in [0.3, 0.4) is 0 Å². The fraction of sp³-hybridized carbons (Fsp3) is 0.154. The maximum Gasteiger partial charge on any atom is 0.221 e. The van der Waals surface area contributed by atoms with Gasteiger partial charge in [-0.1, -0.05) is 18.2 Å². The molecule has 0 aliphatic heterocycles. The van der Waals surface area contributed by atoms with Crippen molar-refractivity contribution in [1.82, 2.24) is 35.5 Å². The van der Waals surface area contributed by atoms with E-state index in [0.717, 1.165) is 17.8 Å². The van der Waals surface area contributed by atoms with Gasteiger partial charge in [0.25, 0.3) is 0 Å². The minimum absolute atomic E-state index is 0.613. The maximum atomic E-state index is 4.31. The largest absolute Gasteiger partial charge is 0.316 e. The number of tetrazole rings is 1. The highest BCUT2D eigenvalue weighted by Gasteiger charge is 2.11. The average Bonchev–Trinajstić information content (AvgIpc) is 2.98. The predicted octanol–water partition coefficient (Wildman–Crippen LogP) is 1.32. The van der Waals surface area contributed by atoms with Crippen LogP contribution in [0.4, 0.5) is 0 Å². The first-order chi connectivity index (χ1) is 10.4. The zero-order chi connectivity index (χ0) is 14.5. The molecule has 0 aliphatic rings. The third kappa shape index (κ3) is 3.23. The standard InChI is InChI=1S/C13H13N7S/c1-14-7-10-8-15-12(16-9-10)21-13-17-18-19-20(13)11-5-3-2-4-6-11/h2-6,8-9,14H,7H2,1H3. The third-order valence-electron chi connectivity index (χ3n) is 2.69. The predicted molar refractivity (Wildman–Crippen MR) is 78.1 cm³/mol. The summed E-state index contributed by atoms with van der Waals surface area (Å²) in [7, 11) is 1.89. The number of para-hydroxylation sites is 1. The zero-order valence-electron chi connectivity index (χ0n) is 11.3. The molecule has 106 valence electrons. The summed E-state index contributed by atoms with van der Waals surface area (Å²) in [5.41, 5.74) is 1.93. The quantitative estimate of drug-likeness (QED) is 0.712. The first kappa shape index (κ1) is 13.7. The molecule has 21 heavy (non-hydrogen) atoms. The topological polar surface area (TPSA) is 81.4 Å². The molecule has 0 spiro atoms. The summed E-state index contributed by atoms with van der Waals surface area (Å²) < 4.78 is 1.66. The van der Waals surface area contributed by atoms with Crippen LogP contribution in [0.2, 0.25) is 0 Å². The van der Waals surface area contributed by atoms with Crippen LogP contribution in [-0.4, -0.2) is 37.2 Å². The Labute approximate surface area is 125 Å². The minimum Gasteiger partial charge on any atom is -0.316 e. The average molecular weight is 299 g/mol. The van der Waals surface area contributed by atoms with E-state index < -0.39 is 0 Å². The van der Waals surface area contributed by atoms with Crippen molar-refractivity contribution in [2.45, 2.75) is 16.9 Å². The minimum atomic E-state index is 0.613. The van der Waals surface area contributed by atoms with Crippen LogP contribution >= 0.6 is 11.8 Å². The van der Waals surface area contributed by atoms with E-state index in [1.807, 2.05) is 37.4 Å². The Morgan fingerprint density at radius 2 is 1.90 bits per heavy atom. The van der Waals surface area contributed by atoms with E-state index in [9.17, 15) is 0 Å². The van der Waals surface area contributed by atoms with Crippen molar-refractivity contribution in [3.8, 4) is 5.69 Å². The van der Waals surface area contributed by atoms with Crippen LogP contribution in [0.5, 0.6) is 0 Å². The molecular weight excluding hydrogens is 286 g/mol. The normalized spacial score (nSPS) is 10.7. The number of nitrogens with zero attached hydrogens (tertiary/aromatic N) is 6. The van der Waals surface area contributed by atoms with Gasteiger partial charge in [0.05, 0.1) is 5.69 Å². The van der Waals surface area contributed by atoms with E-state index in [1.165, 1.54) is 11.8 Å². The first-order valence-electron chi connectivity index (χ1n) is 6.34. The molecule has 0 amide bonds. The Morgan fingerprint density at radius 1 is 1.14 bits per heavy atom. The fourth-order valence-corrected chi connectivity index (χ4v) is 2.43. The van der Waals surface area contributed by atoms with E-state index in [2.05, 4.69) is 30.8 Å². The molecule has 0 aliphatic carbocycles. The van der Waals surface area contributed by atoms with E-state index in [1.54, 1.807) is 17.1 Å². The first-order valence-corrected chi connectivity index (χ1v) is 7.15. The molecule has 2 aromatic heterocycles. The Bertz CT molecular complexity index is 696. The molecule has 3 rings (SSSR count). The van der Waals surface area contributed by atoms with Crippen LogP contribution in [0.15, 0.2) is 53.0 Å². The lowest BCUT2D eigenvalue weighted by atomic mass is 10.3. The Balaban J connectivity index is 1.81. The van der Waals surface area contributed by atoms with Crippen molar-refractivity contribution in [2.75, 3.05) is 7.05 Å². The summed E-state index contributed by atoms with van der Waals surface area (Å²) >= 11 is 1.33. The molecule has 0 atom stereocenters. The molecule has 0 bridgehead atoms. The van der Waals surface area contributed by atoms with Gasteiger partial charge in [0.15, 0.2) is 5.16 Å². The molecule has 2 heterocycles. The molecule has 3 aromatic rings. The molecule has 0 unspecified atom stereocenters. The second kappa shape index (κ2) is 6.42. The van der Waals surface area contributed by atoms with Crippen LogP contribution in [0, 0.1) is 0 Å². The lowest BCUT2D eigenvalue weighted by Crippen LogP contribution is -2.06. The number of hydrogen-bond donors (Lipinski definition) is 1. The Kier molecular flexibility index (Phi) is 4.17. The molecule has 0 saturated heterocycles. The summed E-state index contributed by atoms with van der Waals surface area (Å²) in [6, 6.07) is 9.71. The van der Waals surface area contributed by atoms with Gasteiger partial charge in [-0.05, 0) is 41.4 Å². The fourth-order valence-electron chi connectivity index (χ4n) is 1.75. The van der Waals surface area contributed by atoms with Gasteiger partial charge >= 0.3 is 0 Å². The van der Waals surface area contributed by atoms with Gasteiger partial charge in [-0.25, -0.2) is 9.97 Å². The van der Waals surface area contributed by atoms with Crippen LogP contribution in [0.1, 0.15) is 5.56 Å². The lowest BCUT2D eigenvalue weighted by molar-refractivity contribution is 0.753. The molecular formula is C13H13N7S. The van der Waals surface area contributed by atoms with Gasteiger partial charge in [-0.3, -0.25) is 0 Å². The molecule has 0 saturated carbocycles. The summed E-state index contributed by atoms with van der Waals surface area (Å²) in [5, 5.41) is 16.0.